The summed E-state index contributed by atoms with van der Waals surface area (Å²) in [6.45, 7) is 5.81. The largest absolute Gasteiger partial charge is 0.516 e. The minimum Gasteiger partial charge on any atom is -0.396 e. The summed E-state index contributed by atoms with van der Waals surface area (Å²) in [7, 11) is -5.54. The van der Waals surface area contributed by atoms with Crippen LogP contribution in [0.25, 0.3) is 0 Å². The highest BCUT2D eigenvalue weighted by Gasteiger charge is 2.46. The Balaban J connectivity index is 3.07. The molecule has 0 aromatic heterocycles. The first-order valence-corrected chi connectivity index (χ1v) is 8.85. The van der Waals surface area contributed by atoms with Crippen LogP contribution >= 0.6 is 11.6 Å². The molecule has 0 saturated heterocycles. The lowest BCUT2D eigenvalue weighted by atomic mass is 10.1. The molecule has 0 aliphatic rings. The van der Waals surface area contributed by atoms with Gasteiger partial charge in [0.1, 0.15) is 6.61 Å². The molecule has 0 spiro atoms. The lowest BCUT2D eigenvalue weighted by Crippen LogP contribution is -2.30. The highest BCUT2D eigenvalue weighted by Crippen LogP contribution is 2.28. The first kappa shape index (κ1) is 20.6. The lowest BCUT2D eigenvalue weighted by molar-refractivity contribution is -0.0429. The normalized spacial score (nSPS) is 13.2. The summed E-state index contributed by atoms with van der Waals surface area (Å²) >= 11 is 5.83. The van der Waals surface area contributed by atoms with Crippen molar-refractivity contribution in [1.82, 2.24) is 0 Å². The summed E-state index contributed by atoms with van der Waals surface area (Å²) in [6.07, 6.45) is 0.750. The number of halogens is 4. The number of nitrogens with zero attached hydrogens (tertiary/aromatic N) is 1. The molecule has 0 radical (unpaired) electrons. The van der Waals surface area contributed by atoms with Crippen molar-refractivity contribution in [3.8, 4) is 0 Å². The van der Waals surface area contributed by atoms with Gasteiger partial charge in [0.15, 0.2) is 0 Å². The molecule has 1 aromatic rings. The molecule has 0 unspecified atom stereocenters. The molecule has 0 saturated carbocycles. The van der Waals surface area contributed by atoms with Gasteiger partial charge in [0.2, 0.25) is 0 Å². The molecule has 24 heavy (non-hydrogen) atoms. The molecule has 0 atom stereocenters. The van der Waals surface area contributed by atoms with Crippen molar-refractivity contribution in [2.75, 3.05) is 11.3 Å². The standard InChI is InChI=1S/C14H18ClF3N2O3S/c1-9(2)6-7-23-19-10(3)12-8-11(15)4-5-13(12)20-24(21,22)14(16,17)18/h4-5,8-9,20H,6-7H2,1-3H3/b19-10+. The molecule has 1 N–H and O–H groups in total. The van der Waals surface area contributed by atoms with Gasteiger partial charge in [-0.05, 0) is 37.5 Å². The van der Waals surface area contributed by atoms with Crippen molar-refractivity contribution >= 4 is 33.0 Å². The highest BCUT2D eigenvalue weighted by molar-refractivity contribution is 7.93. The molecule has 136 valence electrons. The third kappa shape index (κ3) is 5.86. The second-order valence-electron chi connectivity index (χ2n) is 5.43. The first-order valence-electron chi connectivity index (χ1n) is 6.99. The van der Waals surface area contributed by atoms with Crippen LogP contribution in [0, 0.1) is 5.92 Å². The molecule has 1 aromatic carbocycles. The Morgan fingerprint density at radius 3 is 2.54 bits per heavy atom. The average Bonchev–Trinajstić information content (AvgIpc) is 2.43. The molecule has 0 aliphatic carbocycles. The predicted molar refractivity (Wildman–Crippen MR) is 87.7 cm³/mol. The Bertz CT molecular complexity index is 704. The van der Waals surface area contributed by atoms with E-state index in [0.717, 1.165) is 12.5 Å². The number of benzene rings is 1. The molecule has 10 heteroatoms. The number of anilines is 1. The zero-order chi connectivity index (χ0) is 18.5. The van der Waals surface area contributed by atoms with Crippen LogP contribution in [0.15, 0.2) is 23.4 Å². The molecule has 0 heterocycles. The van der Waals surface area contributed by atoms with E-state index in [0.29, 0.717) is 12.5 Å². The Morgan fingerprint density at radius 2 is 2.00 bits per heavy atom. The predicted octanol–water partition coefficient (Wildman–Crippen LogP) is 4.39. The van der Waals surface area contributed by atoms with E-state index in [9.17, 15) is 21.6 Å². The third-order valence-electron chi connectivity index (χ3n) is 2.91. The number of hydrogen-bond acceptors (Lipinski definition) is 4. The van der Waals surface area contributed by atoms with E-state index in [-0.39, 0.29) is 22.0 Å². The Morgan fingerprint density at radius 1 is 1.38 bits per heavy atom. The van der Waals surface area contributed by atoms with E-state index < -0.39 is 15.5 Å². The van der Waals surface area contributed by atoms with Crippen LogP contribution in [0.3, 0.4) is 0 Å². The third-order valence-corrected chi connectivity index (χ3v) is 4.24. The van der Waals surface area contributed by atoms with Gasteiger partial charge in [-0.3, -0.25) is 4.72 Å². The summed E-state index contributed by atoms with van der Waals surface area (Å²) in [4.78, 5) is 5.10. The monoisotopic (exact) mass is 386 g/mol. The molecule has 0 aliphatic heterocycles. The summed E-state index contributed by atoms with van der Waals surface area (Å²) in [5.41, 5.74) is -5.42. The van der Waals surface area contributed by atoms with Crippen molar-refractivity contribution < 1.29 is 26.4 Å². The van der Waals surface area contributed by atoms with E-state index in [4.69, 9.17) is 16.4 Å². The van der Waals surface area contributed by atoms with Gasteiger partial charge in [0, 0.05) is 10.6 Å². The number of rotatable bonds is 7. The van der Waals surface area contributed by atoms with Crippen LogP contribution in [0.2, 0.25) is 5.02 Å². The lowest BCUT2D eigenvalue weighted by Gasteiger charge is -2.14. The zero-order valence-corrected chi connectivity index (χ0v) is 14.9. The fourth-order valence-corrected chi connectivity index (χ4v) is 2.34. The second kappa shape index (κ2) is 8.06. The van der Waals surface area contributed by atoms with Crippen LogP contribution < -0.4 is 4.72 Å². The van der Waals surface area contributed by atoms with Crippen LogP contribution in [0.1, 0.15) is 32.8 Å². The summed E-state index contributed by atoms with van der Waals surface area (Å²) in [5, 5.41) is 4.02. The van der Waals surface area contributed by atoms with Crippen molar-refractivity contribution in [2.24, 2.45) is 11.1 Å². The smallest absolute Gasteiger partial charge is 0.396 e. The van der Waals surface area contributed by atoms with E-state index in [2.05, 4.69) is 5.16 Å². The molecule has 0 fully saturated rings. The number of hydrogen-bond donors (Lipinski definition) is 1. The van der Waals surface area contributed by atoms with Crippen LogP contribution in [0.4, 0.5) is 18.9 Å². The Kier molecular flexibility index (Phi) is 6.91. The molecule has 5 nitrogen and oxygen atoms in total. The summed E-state index contributed by atoms with van der Waals surface area (Å²) in [5.74, 6) is 0.404. The van der Waals surface area contributed by atoms with E-state index >= 15 is 0 Å². The van der Waals surface area contributed by atoms with Crippen molar-refractivity contribution in [3.63, 3.8) is 0 Å². The second-order valence-corrected chi connectivity index (χ2v) is 7.54. The van der Waals surface area contributed by atoms with Gasteiger partial charge in [-0.15, -0.1) is 0 Å². The SMILES string of the molecule is C/C(=N\OCCC(C)C)c1cc(Cl)ccc1NS(=O)(=O)C(F)(F)F. The maximum Gasteiger partial charge on any atom is 0.516 e. The zero-order valence-electron chi connectivity index (χ0n) is 13.3. The van der Waals surface area contributed by atoms with Gasteiger partial charge in [-0.1, -0.05) is 30.6 Å². The van der Waals surface area contributed by atoms with Gasteiger partial charge < -0.3 is 4.84 Å². The minimum atomic E-state index is -5.54. The van der Waals surface area contributed by atoms with Gasteiger partial charge in [-0.2, -0.15) is 21.6 Å². The number of oxime groups is 1. The molecule has 0 amide bonds. The molecule has 0 bridgehead atoms. The molecular formula is C14H18ClF3N2O3S. The molecular weight excluding hydrogens is 369 g/mol. The van der Waals surface area contributed by atoms with Gasteiger partial charge in [0.05, 0.1) is 11.4 Å². The van der Waals surface area contributed by atoms with Gasteiger partial charge >= 0.3 is 15.5 Å². The highest BCUT2D eigenvalue weighted by atomic mass is 35.5. The number of sulfonamides is 1. The van der Waals surface area contributed by atoms with Gasteiger partial charge in [0.25, 0.3) is 0 Å². The fourth-order valence-electron chi connectivity index (χ4n) is 1.59. The van der Waals surface area contributed by atoms with Crippen LogP contribution in [-0.4, -0.2) is 26.2 Å². The van der Waals surface area contributed by atoms with Crippen LogP contribution in [0.5, 0.6) is 0 Å². The number of nitrogens with one attached hydrogen (secondary N) is 1. The maximum absolute atomic E-state index is 12.5. The van der Waals surface area contributed by atoms with E-state index in [1.54, 1.807) is 0 Å². The minimum absolute atomic E-state index is 0.0971. The molecule has 1 rings (SSSR count). The van der Waals surface area contributed by atoms with Crippen LogP contribution in [-0.2, 0) is 14.9 Å². The van der Waals surface area contributed by atoms with Crippen molar-refractivity contribution in [2.45, 2.75) is 32.7 Å². The van der Waals surface area contributed by atoms with E-state index in [1.807, 2.05) is 13.8 Å². The van der Waals surface area contributed by atoms with Crippen molar-refractivity contribution in [1.29, 1.82) is 0 Å². The summed E-state index contributed by atoms with van der Waals surface area (Å²) < 4.78 is 61.6. The van der Waals surface area contributed by atoms with Gasteiger partial charge in [-0.25, -0.2) is 0 Å². The first-order chi connectivity index (χ1) is 10.9. The Labute approximate surface area is 143 Å². The fraction of sp³-hybridized carbons (Fsp3) is 0.500. The topological polar surface area (TPSA) is 67.8 Å². The Hall–Kier alpha value is -1.48. The van der Waals surface area contributed by atoms with E-state index in [1.165, 1.54) is 23.8 Å². The number of alkyl halides is 3. The van der Waals surface area contributed by atoms with Crippen molar-refractivity contribution in [3.05, 3.63) is 28.8 Å². The maximum atomic E-state index is 12.5. The summed E-state index contributed by atoms with van der Waals surface area (Å²) in [6, 6.07) is 3.71. The quantitative estimate of drug-likeness (QED) is 0.429. The average molecular weight is 387 g/mol.